The van der Waals surface area contributed by atoms with Crippen LogP contribution in [0.1, 0.15) is 118 Å². The number of aryl methyl sites for hydroxylation is 4. The van der Waals surface area contributed by atoms with Crippen LogP contribution in [-0.2, 0) is 35.2 Å². The van der Waals surface area contributed by atoms with E-state index in [4.69, 9.17) is 24.7 Å². The minimum Gasteiger partial charge on any atom is -0.467 e. The summed E-state index contributed by atoms with van der Waals surface area (Å²) in [6.07, 6.45) is 13.2. The SMILES string of the molecule is CCCCc1cc(CCCC)c(OCOC)c(C(CN)c2cc(CCCC)cc(CCCC)c2OCOC)c1. The van der Waals surface area contributed by atoms with Crippen molar-refractivity contribution in [3.05, 3.63) is 57.6 Å². The number of methoxy groups -OCH3 is 2. The Bertz CT molecular complexity index is 883. The molecular formula is C34H55NO4. The Hall–Kier alpha value is -2.08. The van der Waals surface area contributed by atoms with Crippen molar-refractivity contribution in [2.75, 3.05) is 34.4 Å². The maximum Gasteiger partial charge on any atom is 0.188 e. The first-order valence-electron chi connectivity index (χ1n) is 15.3. The first-order valence-corrected chi connectivity index (χ1v) is 15.3. The summed E-state index contributed by atoms with van der Waals surface area (Å²) in [7, 11) is 3.35. The predicted octanol–water partition coefficient (Wildman–Crippen LogP) is 8.11. The van der Waals surface area contributed by atoms with Gasteiger partial charge < -0.3 is 24.7 Å². The third-order valence-electron chi connectivity index (χ3n) is 7.37. The summed E-state index contributed by atoms with van der Waals surface area (Å²) in [4.78, 5) is 0. The van der Waals surface area contributed by atoms with Crippen molar-refractivity contribution >= 4 is 0 Å². The van der Waals surface area contributed by atoms with Crippen LogP contribution in [0.4, 0.5) is 0 Å². The second-order valence-corrected chi connectivity index (χ2v) is 10.7. The lowest BCUT2D eigenvalue weighted by Crippen LogP contribution is -2.19. The van der Waals surface area contributed by atoms with Crippen LogP contribution in [0.25, 0.3) is 0 Å². The van der Waals surface area contributed by atoms with Crippen LogP contribution < -0.4 is 15.2 Å². The lowest BCUT2D eigenvalue weighted by Gasteiger charge is -2.27. The molecule has 2 aromatic carbocycles. The number of unbranched alkanes of at least 4 members (excludes halogenated alkanes) is 4. The molecule has 0 radical (unpaired) electrons. The van der Waals surface area contributed by atoms with Gasteiger partial charge in [-0.15, -0.1) is 0 Å². The Morgan fingerprint density at radius 1 is 0.590 bits per heavy atom. The van der Waals surface area contributed by atoms with Crippen LogP contribution in [0.3, 0.4) is 0 Å². The molecular weight excluding hydrogens is 486 g/mol. The molecule has 0 saturated carbocycles. The molecule has 0 aliphatic heterocycles. The molecule has 0 aliphatic carbocycles. The van der Waals surface area contributed by atoms with Crippen molar-refractivity contribution in [2.24, 2.45) is 5.73 Å². The van der Waals surface area contributed by atoms with Crippen molar-refractivity contribution < 1.29 is 18.9 Å². The minimum absolute atomic E-state index is 0.0624. The molecule has 0 bridgehead atoms. The van der Waals surface area contributed by atoms with Gasteiger partial charge in [-0.25, -0.2) is 0 Å². The molecule has 0 unspecified atom stereocenters. The zero-order valence-corrected chi connectivity index (χ0v) is 25.7. The van der Waals surface area contributed by atoms with Crippen LogP contribution >= 0.6 is 0 Å². The van der Waals surface area contributed by atoms with Crippen molar-refractivity contribution in [1.29, 1.82) is 0 Å². The third kappa shape index (κ3) is 10.1. The fourth-order valence-corrected chi connectivity index (χ4v) is 5.25. The quantitative estimate of drug-likeness (QED) is 0.162. The highest BCUT2D eigenvalue weighted by molar-refractivity contribution is 5.55. The Morgan fingerprint density at radius 2 is 0.974 bits per heavy atom. The van der Waals surface area contributed by atoms with E-state index >= 15 is 0 Å². The van der Waals surface area contributed by atoms with Crippen LogP contribution in [0.15, 0.2) is 24.3 Å². The van der Waals surface area contributed by atoms with Gasteiger partial charge >= 0.3 is 0 Å². The van der Waals surface area contributed by atoms with Crippen molar-refractivity contribution in [2.45, 2.75) is 111 Å². The van der Waals surface area contributed by atoms with Gasteiger partial charge in [0, 0.05) is 37.8 Å². The largest absolute Gasteiger partial charge is 0.467 e. The molecule has 0 fully saturated rings. The zero-order valence-electron chi connectivity index (χ0n) is 25.7. The van der Waals surface area contributed by atoms with Crippen molar-refractivity contribution in [3.8, 4) is 11.5 Å². The number of hydrogen-bond donors (Lipinski definition) is 1. The molecule has 2 N–H and O–H groups in total. The number of nitrogens with two attached hydrogens (primary N) is 1. The number of hydrogen-bond acceptors (Lipinski definition) is 5. The van der Waals surface area contributed by atoms with Gasteiger partial charge in [0.05, 0.1) is 0 Å². The van der Waals surface area contributed by atoms with Gasteiger partial charge in [-0.1, -0.05) is 77.6 Å². The van der Waals surface area contributed by atoms with E-state index < -0.39 is 0 Å². The molecule has 2 rings (SSSR count). The molecule has 0 heterocycles. The maximum absolute atomic E-state index is 6.66. The normalized spacial score (nSPS) is 11.4. The van der Waals surface area contributed by atoms with Crippen molar-refractivity contribution in [1.82, 2.24) is 0 Å². The van der Waals surface area contributed by atoms with Crippen molar-refractivity contribution in [3.63, 3.8) is 0 Å². The molecule has 0 spiro atoms. The topological polar surface area (TPSA) is 62.9 Å². The lowest BCUT2D eigenvalue weighted by molar-refractivity contribution is 0.0486. The van der Waals surface area contributed by atoms with E-state index in [-0.39, 0.29) is 19.5 Å². The van der Waals surface area contributed by atoms with Crippen LogP contribution in [-0.4, -0.2) is 34.4 Å². The Balaban J connectivity index is 2.81. The summed E-state index contributed by atoms with van der Waals surface area (Å²) in [6.45, 7) is 9.85. The maximum atomic E-state index is 6.66. The van der Waals surface area contributed by atoms with Crippen LogP contribution in [0.5, 0.6) is 11.5 Å². The van der Waals surface area contributed by atoms with Gasteiger partial charge in [0.25, 0.3) is 0 Å². The Morgan fingerprint density at radius 3 is 1.31 bits per heavy atom. The van der Waals surface area contributed by atoms with E-state index in [2.05, 4.69) is 52.0 Å². The average molecular weight is 542 g/mol. The number of ether oxygens (including phenoxy) is 4. The highest BCUT2D eigenvalue weighted by Gasteiger charge is 2.26. The molecule has 5 nitrogen and oxygen atoms in total. The number of rotatable bonds is 21. The molecule has 220 valence electrons. The first-order chi connectivity index (χ1) is 19.1. The predicted molar refractivity (Wildman–Crippen MR) is 163 cm³/mol. The van der Waals surface area contributed by atoms with E-state index in [9.17, 15) is 0 Å². The monoisotopic (exact) mass is 541 g/mol. The third-order valence-corrected chi connectivity index (χ3v) is 7.37. The molecule has 0 amide bonds. The second kappa shape index (κ2) is 19.1. The van der Waals surface area contributed by atoms with Gasteiger partial charge in [-0.3, -0.25) is 0 Å². The standard InChI is InChI=1S/C34H55NO4/c1-7-11-15-26-19-28(17-13-9-3)33(38-24-36-5)30(21-26)32(23-35)31-22-27(16-12-8-2)20-29(18-14-10-4)34(31)39-25-37-6/h19-22,32H,7-18,23-25,35H2,1-6H3. The highest BCUT2D eigenvalue weighted by atomic mass is 16.7. The minimum atomic E-state index is -0.0624. The molecule has 2 aromatic rings. The molecule has 5 heteroatoms. The number of benzene rings is 2. The molecule has 39 heavy (non-hydrogen) atoms. The lowest BCUT2D eigenvalue weighted by atomic mass is 9.83. The Kier molecular flexibility index (Phi) is 16.2. The van der Waals surface area contributed by atoms with E-state index in [1.54, 1.807) is 14.2 Å². The molecule has 0 aliphatic rings. The molecule has 0 aromatic heterocycles. The van der Waals surface area contributed by atoms with Gasteiger partial charge in [0.2, 0.25) is 0 Å². The average Bonchev–Trinajstić information content (AvgIpc) is 2.95. The summed E-state index contributed by atoms with van der Waals surface area (Å²) in [5, 5.41) is 0. The highest BCUT2D eigenvalue weighted by Crippen LogP contribution is 2.42. The van der Waals surface area contributed by atoms with E-state index in [1.807, 2.05) is 0 Å². The van der Waals surface area contributed by atoms with Gasteiger partial charge in [-0.2, -0.15) is 0 Å². The van der Waals surface area contributed by atoms with Crippen LogP contribution in [0.2, 0.25) is 0 Å². The fourth-order valence-electron chi connectivity index (χ4n) is 5.25. The van der Waals surface area contributed by atoms with Gasteiger partial charge in [0.1, 0.15) is 11.5 Å². The van der Waals surface area contributed by atoms with Crippen LogP contribution in [0, 0.1) is 0 Å². The summed E-state index contributed by atoms with van der Waals surface area (Å²) >= 11 is 0. The summed E-state index contributed by atoms with van der Waals surface area (Å²) in [5.74, 6) is 1.79. The summed E-state index contributed by atoms with van der Waals surface area (Å²) in [5.41, 5.74) is 14.2. The Labute approximate surface area is 238 Å². The fraction of sp³-hybridized carbons (Fsp3) is 0.647. The second-order valence-electron chi connectivity index (χ2n) is 10.7. The zero-order chi connectivity index (χ0) is 28.5. The van der Waals surface area contributed by atoms with E-state index in [1.165, 1.54) is 22.3 Å². The van der Waals surface area contributed by atoms with Gasteiger partial charge in [0.15, 0.2) is 13.6 Å². The molecule has 0 saturated heterocycles. The summed E-state index contributed by atoms with van der Waals surface area (Å²) < 4.78 is 23.5. The van der Waals surface area contributed by atoms with E-state index in [0.717, 1.165) is 99.7 Å². The van der Waals surface area contributed by atoms with Gasteiger partial charge in [-0.05, 0) is 73.6 Å². The van der Waals surface area contributed by atoms with E-state index in [0.29, 0.717) is 6.54 Å². The summed E-state index contributed by atoms with van der Waals surface area (Å²) in [6, 6.07) is 9.36. The smallest absolute Gasteiger partial charge is 0.188 e. The first kappa shape index (κ1) is 33.1. The molecule has 0 atom stereocenters.